The number of fused-ring (bicyclic) bond motifs is 1. The highest BCUT2D eigenvalue weighted by atomic mass is 16.7. The molecule has 0 spiro atoms. The summed E-state index contributed by atoms with van der Waals surface area (Å²) in [4.78, 5) is 38.9. The van der Waals surface area contributed by atoms with Gasteiger partial charge in [-0.15, -0.1) is 0 Å². The third-order valence-electron chi connectivity index (χ3n) is 5.56. The fourth-order valence-electron chi connectivity index (χ4n) is 4.00. The van der Waals surface area contributed by atoms with Crippen LogP contribution >= 0.6 is 0 Å². The van der Waals surface area contributed by atoms with Crippen molar-refractivity contribution in [1.82, 2.24) is 4.90 Å². The second-order valence-electron chi connectivity index (χ2n) is 7.52. The molecule has 8 heteroatoms. The summed E-state index contributed by atoms with van der Waals surface area (Å²) >= 11 is 0. The first-order valence-corrected chi connectivity index (χ1v) is 9.72. The van der Waals surface area contributed by atoms with E-state index in [0.29, 0.717) is 23.7 Å². The lowest BCUT2D eigenvalue weighted by Crippen LogP contribution is -2.36. The molecule has 0 radical (unpaired) electrons. The number of nitrogens with one attached hydrogen (secondary N) is 1. The second kappa shape index (κ2) is 7.69. The van der Waals surface area contributed by atoms with Crippen LogP contribution in [0, 0.1) is 5.92 Å². The van der Waals surface area contributed by atoms with Gasteiger partial charge in [-0.2, -0.15) is 0 Å². The summed E-state index contributed by atoms with van der Waals surface area (Å²) in [6.45, 7) is 2.06. The van der Waals surface area contributed by atoms with Gasteiger partial charge in [0.15, 0.2) is 17.6 Å². The minimum Gasteiger partial charge on any atom is -0.454 e. The molecule has 8 nitrogen and oxygen atoms in total. The van der Waals surface area contributed by atoms with Crippen LogP contribution in [0.15, 0.2) is 18.2 Å². The van der Waals surface area contributed by atoms with E-state index in [1.54, 1.807) is 18.2 Å². The molecule has 1 saturated carbocycles. The van der Waals surface area contributed by atoms with E-state index in [-0.39, 0.29) is 25.2 Å². The summed E-state index contributed by atoms with van der Waals surface area (Å²) < 4.78 is 15.8. The van der Waals surface area contributed by atoms with E-state index in [0.717, 1.165) is 25.7 Å². The van der Waals surface area contributed by atoms with Gasteiger partial charge in [0.2, 0.25) is 12.7 Å². The second-order valence-corrected chi connectivity index (χ2v) is 7.52. The maximum atomic E-state index is 12.5. The predicted molar refractivity (Wildman–Crippen MR) is 98.8 cm³/mol. The SMILES string of the molecule is C[C@@H](OC(=O)[C@@H]1CC(=O)N(C2CCCC2)C1)C(=O)Nc1ccc2c(c1)OCO2. The maximum absolute atomic E-state index is 12.5. The maximum Gasteiger partial charge on any atom is 0.312 e. The topological polar surface area (TPSA) is 94.2 Å². The van der Waals surface area contributed by atoms with Crippen molar-refractivity contribution >= 4 is 23.5 Å². The molecule has 0 unspecified atom stereocenters. The van der Waals surface area contributed by atoms with Gasteiger partial charge >= 0.3 is 5.97 Å². The van der Waals surface area contributed by atoms with Crippen LogP contribution in [0.2, 0.25) is 0 Å². The van der Waals surface area contributed by atoms with Crippen molar-refractivity contribution in [3.63, 3.8) is 0 Å². The average Bonchev–Trinajstić information content (AvgIpc) is 3.41. The van der Waals surface area contributed by atoms with Crippen LogP contribution in [0.25, 0.3) is 0 Å². The number of carbonyl (C=O) groups is 3. The van der Waals surface area contributed by atoms with Crippen molar-refractivity contribution in [2.75, 3.05) is 18.7 Å². The van der Waals surface area contributed by atoms with Gasteiger partial charge in [-0.25, -0.2) is 0 Å². The molecule has 1 saturated heterocycles. The number of rotatable bonds is 5. The fraction of sp³-hybridized carbons (Fsp3) is 0.550. The van der Waals surface area contributed by atoms with Crippen molar-refractivity contribution < 1.29 is 28.6 Å². The Labute approximate surface area is 163 Å². The average molecular weight is 388 g/mol. The van der Waals surface area contributed by atoms with Crippen molar-refractivity contribution in [3.8, 4) is 11.5 Å². The number of hydrogen-bond acceptors (Lipinski definition) is 6. The molecule has 2 aliphatic heterocycles. The highest BCUT2D eigenvalue weighted by Crippen LogP contribution is 2.34. The zero-order chi connectivity index (χ0) is 19.7. The Kier molecular flexibility index (Phi) is 5.11. The number of carbonyl (C=O) groups excluding carboxylic acids is 3. The molecule has 28 heavy (non-hydrogen) atoms. The lowest BCUT2D eigenvalue weighted by molar-refractivity contribution is -0.157. The molecule has 1 N–H and O–H groups in total. The Morgan fingerprint density at radius 2 is 1.96 bits per heavy atom. The van der Waals surface area contributed by atoms with Crippen molar-refractivity contribution in [2.24, 2.45) is 5.92 Å². The summed E-state index contributed by atoms with van der Waals surface area (Å²) in [5.41, 5.74) is 0.528. The molecule has 0 bridgehead atoms. The number of benzene rings is 1. The van der Waals surface area contributed by atoms with Crippen LogP contribution < -0.4 is 14.8 Å². The number of nitrogens with zero attached hydrogens (tertiary/aromatic N) is 1. The lowest BCUT2D eigenvalue weighted by atomic mass is 10.1. The molecular formula is C20H24N2O6. The van der Waals surface area contributed by atoms with E-state index in [1.807, 2.05) is 4.90 Å². The normalized spacial score (nSPS) is 22.4. The molecule has 1 aromatic rings. The summed E-state index contributed by atoms with van der Waals surface area (Å²) in [6.07, 6.45) is 3.45. The number of likely N-dealkylation sites (tertiary alicyclic amines) is 1. The van der Waals surface area contributed by atoms with E-state index in [9.17, 15) is 14.4 Å². The molecule has 2 amide bonds. The van der Waals surface area contributed by atoms with Crippen LogP contribution in [-0.4, -0.2) is 48.2 Å². The Bertz CT molecular complexity index is 789. The van der Waals surface area contributed by atoms with Crippen LogP contribution in [-0.2, 0) is 19.1 Å². The minimum atomic E-state index is -0.964. The van der Waals surface area contributed by atoms with Gasteiger partial charge in [0.05, 0.1) is 5.92 Å². The monoisotopic (exact) mass is 388 g/mol. The first kappa shape index (κ1) is 18.6. The highest BCUT2D eigenvalue weighted by Gasteiger charge is 2.40. The molecule has 4 rings (SSSR count). The summed E-state index contributed by atoms with van der Waals surface area (Å²) in [6, 6.07) is 5.30. The van der Waals surface area contributed by atoms with Gasteiger partial charge in [-0.1, -0.05) is 12.8 Å². The first-order chi connectivity index (χ1) is 13.5. The molecular weight excluding hydrogens is 364 g/mol. The van der Waals surface area contributed by atoms with Crippen LogP contribution in [0.4, 0.5) is 5.69 Å². The van der Waals surface area contributed by atoms with Gasteiger partial charge in [-0.05, 0) is 31.9 Å². The predicted octanol–water partition coefficient (Wildman–Crippen LogP) is 2.08. The molecule has 150 valence electrons. The van der Waals surface area contributed by atoms with E-state index < -0.39 is 23.9 Å². The van der Waals surface area contributed by atoms with Gasteiger partial charge < -0.3 is 24.4 Å². The molecule has 2 fully saturated rings. The number of anilines is 1. The third kappa shape index (κ3) is 3.76. The summed E-state index contributed by atoms with van der Waals surface area (Å²) in [5.74, 6) is -0.263. The van der Waals surface area contributed by atoms with E-state index in [4.69, 9.17) is 14.2 Å². The van der Waals surface area contributed by atoms with E-state index >= 15 is 0 Å². The van der Waals surface area contributed by atoms with Crippen LogP contribution in [0.1, 0.15) is 39.0 Å². The standard InChI is InChI=1S/C20H24N2O6/c1-12(19(24)21-14-6-7-16-17(9-14)27-11-26-16)28-20(25)13-8-18(23)22(10-13)15-4-2-3-5-15/h6-7,9,12-13,15H,2-5,8,10-11H2,1H3,(H,21,24)/t12-,13-/m1/s1. The van der Waals surface area contributed by atoms with Crippen molar-refractivity contribution in [2.45, 2.75) is 51.2 Å². The van der Waals surface area contributed by atoms with Crippen LogP contribution in [0.3, 0.4) is 0 Å². The lowest BCUT2D eigenvalue weighted by Gasteiger charge is -2.24. The van der Waals surface area contributed by atoms with Gasteiger partial charge in [0, 0.05) is 30.8 Å². The Morgan fingerprint density at radius 1 is 1.21 bits per heavy atom. The quantitative estimate of drug-likeness (QED) is 0.776. The van der Waals surface area contributed by atoms with E-state index in [2.05, 4.69) is 5.32 Å². The molecule has 0 aromatic heterocycles. The largest absolute Gasteiger partial charge is 0.454 e. The number of ether oxygens (including phenoxy) is 3. The first-order valence-electron chi connectivity index (χ1n) is 9.72. The molecule has 3 aliphatic rings. The minimum absolute atomic E-state index is 0.00585. The number of amides is 2. The summed E-state index contributed by atoms with van der Waals surface area (Å²) in [7, 11) is 0. The Hall–Kier alpha value is -2.77. The number of hydrogen-bond donors (Lipinski definition) is 1. The van der Waals surface area contributed by atoms with Crippen molar-refractivity contribution in [3.05, 3.63) is 18.2 Å². The third-order valence-corrected chi connectivity index (χ3v) is 5.56. The van der Waals surface area contributed by atoms with Crippen molar-refractivity contribution in [1.29, 1.82) is 0 Å². The molecule has 1 aromatic carbocycles. The van der Waals surface area contributed by atoms with Gasteiger partial charge in [-0.3, -0.25) is 14.4 Å². The molecule has 2 atom stereocenters. The van der Waals surface area contributed by atoms with E-state index in [1.165, 1.54) is 6.92 Å². The highest BCUT2D eigenvalue weighted by molar-refractivity contribution is 5.96. The smallest absolute Gasteiger partial charge is 0.312 e. The zero-order valence-corrected chi connectivity index (χ0v) is 15.8. The Morgan fingerprint density at radius 3 is 2.75 bits per heavy atom. The molecule has 2 heterocycles. The number of esters is 1. The van der Waals surface area contributed by atoms with Gasteiger partial charge in [0.1, 0.15) is 0 Å². The summed E-state index contributed by atoms with van der Waals surface area (Å²) in [5, 5.41) is 2.70. The molecule has 1 aliphatic carbocycles. The van der Waals surface area contributed by atoms with Crippen LogP contribution in [0.5, 0.6) is 11.5 Å². The van der Waals surface area contributed by atoms with Gasteiger partial charge in [0.25, 0.3) is 5.91 Å². The Balaban J connectivity index is 1.30. The fourth-order valence-corrected chi connectivity index (χ4v) is 4.00. The zero-order valence-electron chi connectivity index (χ0n) is 15.8.